The fourth-order valence-electron chi connectivity index (χ4n) is 2.07. The van der Waals surface area contributed by atoms with Gasteiger partial charge < -0.3 is 9.84 Å². The number of H-pyrrole nitrogens is 1. The summed E-state index contributed by atoms with van der Waals surface area (Å²) >= 11 is 3.24. The van der Waals surface area contributed by atoms with Crippen LogP contribution < -0.4 is 9.75 Å². The molecule has 1 aromatic carbocycles. The summed E-state index contributed by atoms with van der Waals surface area (Å²) in [5.74, 6) is -0.0122. The summed E-state index contributed by atoms with van der Waals surface area (Å²) in [6.45, 7) is 1.70. The number of hydrogen-bond donors (Lipinski definition) is 2. The standard InChI is InChI=1S/C13H11BrN6O3/c1-6-8(12(22)20(17-6)13-15-18-19-16-13)3-7-4-9(14)11(21)10(5-7)23-2/h3-5,21H,1-2H3,(H,15,16,18,19)/b8-3+. The van der Waals surface area contributed by atoms with Gasteiger partial charge in [-0.05, 0) is 51.8 Å². The lowest BCUT2D eigenvalue weighted by atomic mass is 10.1. The van der Waals surface area contributed by atoms with Crippen LogP contribution in [0.1, 0.15) is 12.5 Å². The van der Waals surface area contributed by atoms with Gasteiger partial charge in [-0.3, -0.25) is 4.79 Å². The minimum absolute atomic E-state index is 0.00814. The van der Waals surface area contributed by atoms with Crippen LogP contribution in [0, 0.1) is 0 Å². The predicted molar refractivity (Wildman–Crippen MR) is 85.1 cm³/mol. The maximum atomic E-state index is 12.5. The van der Waals surface area contributed by atoms with E-state index < -0.39 is 0 Å². The Morgan fingerprint density at radius 2 is 2.22 bits per heavy atom. The second kappa shape index (κ2) is 5.80. The number of aromatic hydroxyl groups is 1. The topological polar surface area (TPSA) is 117 Å². The molecule has 0 saturated carbocycles. The number of anilines is 1. The number of phenolic OH excluding ortho intramolecular Hbond substituents is 1. The number of hydrazone groups is 1. The number of rotatable bonds is 3. The van der Waals surface area contributed by atoms with Gasteiger partial charge in [-0.15, -0.1) is 5.10 Å². The van der Waals surface area contributed by atoms with Gasteiger partial charge in [0.1, 0.15) is 0 Å². The molecular formula is C13H11BrN6O3. The van der Waals surface area contributed by atoms with Crippen LogP contribution in [0.25, 0.3) is 6.08 Å². The van der Waals surface area contributed by atoms with Gasteiger partial charge in [0.05, 0.1) is 22.9 Å². The molecule has 0 atom stereocenters. The van der Waals surface area contributed by atoms with Crippen molar-refractivity contribution in [2.75, 3.05) is 12.1 Å². The zero-order valence-corrected chi connectivity index (χ0v) is 13.7. The third-order valence-corrected chi connectivity index (χ3v) is 3.77. The summed E-state index contributed by atoms with van der Waals surface area (Å²) in [5.41, 5.74) is 1.57. The molecule has 0 spiro atoms. The van der Waals surface area contributed by atoms with Crippen LogP contribution >= 0.6 is 15.9 Å². The lowest BCUT2D eigenvalue weighted by Crippen LogP contribution is -2.22. The number of methoxy groups -OCH3 is 1. The zero-order valence-electron chi connectivity index (χ0n) is 12.1. The fraction of sp³-hybridized carbons (Fsp3) is 0.154. The number of carbonyl (C=O) groups is 1. The SMILES string of the molecule is COc1cc(/C=C2/C(=O)N(c3nn[nH]n3)N=C2C)cc(Br)c1O. The lowest BCUT2D eigenvalue weighted by Gasteiger charge is -2.07. The van der Waals surface area contributed by atoms with Crippen molar-refractivity contribution in [3.05, 3.63) is 27.7 Å². The summed E-state index contributed by atoms with van der Waals surface area (Å²) in [6.07, 6.45) is 1.65. The van der Waals surface area contributed by atoms with Crippen molar-refractivity contribution in [2.24, 2.45) is 5.10 Å². The third-order valence-electron chi connectivity index (χ3n) is 3.17. The van der Waals surface area contributed by atoms with Gasteiger partial charge in [0, 0.05) is 0 Å². The Kier molecular flexibility index (Phi) is 3.82. The Morgan fingerprint density at radius 3 is 2.87 bits per heavy atom. The Morgan fingerprint density at radius 1 is 1.43 bits per heavy atom. The summed E-state index contributed by atoms with van der Waals surface area (Å²) in [6, 6.07) is 3.28. The molecule has 2 N–H and O–H groups in total. The van der Waals surface area contributed by atoms with E-state index in [1.807, 2.05) is 0 Å². The van der Waals surface area contributed by atoms with Crippen molar-refractivity contribution >= 4 is 39.6 Å². The number of carbonyl (C=O) groups excluding carboxylic acids is 1. The number of nitrogens with zero attached hydrogens (tertiary/aromatic N) is 5. The van der Waals surface area contributed by atoms with E-state index in [0.717, 1.165) is 5.01 Å². The number of aromatic amines is 1. The van der Waals surface area contributed by atoms with Crippen molar-refractivity contribution < 1.29 is 14.6 Å². The highest BCUT2D eigenvalue weighted by Crippen LogP contribution is 2.36. The molecule has 0 unspecified atom stereocenters. The van der Waals surface area contributed by atoms with Crippen LogP contribution in [0.15, 0.2) is 27.3 Å². The van der Waals surface area contributed by atoms with Gasteiger partial charge in [0.15, 0.2) is 11.5 Å². The minimum Gasteiger partial charge on any atom is -0.503 e. The largest absolute Gasteiger partial charge is 0.503 e. The zero-order chi connectivity index (χ0) is 16.6. The molecule has 1 aliphatic rings. The summed E-state index contributed by atoms with van der Waals surface area (Å²) in [4.78, 5) is 12.5. The first-order chi connectivity index (χ1) is 11.0. The first-order valence-electron chi connectivity index (χ1n) is 6.43. The number of tetrazole rings is 1. The molecule has 0 saturated heterocycles. The van der Waals surface area contributed by atoms with E-state index in [1.165, 1.54) is 7.11 Å². The van der Waals surface area contributed by atoms with Crippen LogP contribution in [0.3, 0.4) is 0 Å². The van der Waals surface area contributed by atoms with Crippen LogP contribution in [0.2, 0.25) is 0 Å². The highest BCUT2D eigenvalue weighted by molar-refractivity contribution is 9.10. The van der Waals surface area contributed by atoms with E-state index >= 15 is 0 Å². The molecule has 0 fully saturated rings. The molecule has 118 valence electrons. The summed E-state index contributed by atoms with van der Waals surface area (Å²) < 4.78 is 5.55. The number of aromatic nitrogens is 4. The molecule has 1 aliphatic heterocycles. The number of hydrogen-bond acceptors (Lipinski definition) is 7. The van der Waals surface area contributed by atoms with Crippen molar-refractivity contribution in [1.29, 1.82) is 0 Å². The molecule has 0 bridgehead atoms. The molecule has 10 heteroatoms. The van der Waals surface area contributed by atoms with Gasteiger partial charge >= 0.3 is 0 Å². The van der Waals surface area contributed by atoms with E-state index in [2.05, 4.69) is 41.7 Å². The Balaban J connectivity index is 1.99. The average molecular weight is 379 g/mol. The quantitative estimate of drug-likeness (QED) is 0.781. The van der Waals surface area contributed by atoms with E-state index in [0.29, 0.717) is 27.1 Å². The number of phenols is 1. The number of nitrogens with one attached hydrogen (secondary N) is 1. The molecule has 2 heterocycles. The maximum Gasteiger partial charge on any atom is 0.293 e. The van der Waals surface area contributed by atoms with E-state index in [4.69, 9.17) is 4.74 Å². The van der Waals surface area contributed by atoms with Crippen molar-refractivity contribution in [2.45, 2.75) is 6.92 Å². The number of amides is 1. The second-order valence-electron chi connectivity index (χ2n) is 4.63. The van der Waals surface area contributed by atoms with Gasteiger partial charge in [0.2, 0.25) is 0 Å². The minimum atomic E-state index is -0.368. The highest BCUT2D eigenvalue weighted by Gasteiger charge is 2.31. The average Bonchev–Trinajstić information content (AvgIpc) is 3.14. The van der Waals surface area contributed by atoms with Crippen molar-refractivity contribution in [3.63, 3.8) is 0 Å². The van der Waals surface area contributed by atoms with Gasteiger partial charge in [-0.2, -0.15) is 15.3 Å². The number of ether oxygens (including phenoxy) is 1. The van der Waals surface area contributed by atoms with Crippen LogP contribution in [-0.4, -0.2) is 44.5 Å². The summed E-state index contributed by atoms with van der Waals surface area (Å²) in [5, 5.41) is 28.2. The molecule has 0 radical (unpaired) electrons. The molecule has 1 aromatic heterocycles. The summed E-state index contributed by atoms with van der Waals surface area (Å²) in [7, 11) is 1.45. The smallest absolute Gasteiger partial charge is 0.293 e. The normalized spacial score (nSPS) is 16.1. The van der Waals surface area contributed by atoms with E-state index in [9.17, 15) is 9.90 Å². The molecule has 0 aliphatic carbocycles. The molecule has 3 rings (SSSR count). The lowest BCUT2D eigenvalue weighted by molar-refractivity contribution is -0.114. The molecular weight excluding hydrogens is 368 g/mol. The van der Waals surface area contributed by atoms with Crippen LogP contribution in [0.5, 0.6) is 11.5 Å². The van der Waals surface area contributed by atoms with Crippen LogP contribution in [0.4, 0.5) is 5.95 Å². The van der Waals surface area contributed by atoms with Gasteiger partial charge in [-0.25, -0.2) is 0 Å². The number of benzene rings is 1. The Bertz CT molecular complexity index is 830. The molecule has 23 heavy (non-hydrogen) atoms. The van der Waals surface area contributed by atoms with E-state index in [-0.39, 0.29) is 17.6 Å². The van der Waals surface area contributed by atoms with E-state index in [1.54, 1.807) is 25.1 Å². The monoisotopic (exact) mass is 378 g/mol. The second-order valence-corrected chi connectivity index (χ2v) is 5.48. The van der Waals surface area contributed by atoms with Gasteiger partial charge in [0.25, 0.3) is 11.9 Å². The number of halogens is 1. The Hall–Kier alpha value is -2.75. The fourth-order valence-corrected chi connectivity index (χ4v) is 2.53. The molecule has 9 nitrogen and oxygen atoms in total. The third kappa shape index (κ3) is 2.68. The first kappa shape index (κ1) is 15.2. The predicted octanol–water partition coefficient (Wildman–Crippen LogP) is 1.48. The molecule has 1 amide bonds. The van der Waals surface area contributed by atoms with Crippen molar-refractivity contribution in [3.8, 4) is 11.5 Å². The Labute approximate surface area is 138 Å². The maximum absolute atomic E-state index is 12.5. The van der Waals surface area contributed by atoms with Crippen LogP contribution in [-0.2, 0) is 4.79 Å². The first-order valence-corrected chi connectivity index (χ1v) is 7.22. The van der Waals surface area contributed by atoms with Crippen molar-refractivity contribution in [1.82, 2.24) is 20.6 Å². The highest BCUT2D eigenvalue weighted by atomic mass is 79.9. The van der Waals surface area contributed by atoms with Gasteiger partial charge in [-0.1, -0.05) is 5.10 Å². The molecule has 2 aromatic rings.